The zero-order valence-electron chi connectivity index (χ0n) is 12.8. The average Bonchev–Trinajstić information content (AvgIpc) is 2.56. The van der Waals surface area contributed by atoms with E-state index in [-0.39, 0.29) is 17.7 Å². The molecule has 120 valence electrons. The molecule has 2 amide bonds. The van der Waals surface area contributed by atoms with Gasteiger partial charge in [-0.05, 0) is 23.8 Å². The topological polar surface area (TPSA) is 103 Å². The second-order valence-corrected chi connectivity index (χ2v) is 4.87. The fraction of sp³-hybridized carbons (Fsp3) is 0.188. The van der Waals surface area contributed by atoms with Gasteiger partial charge in [0.25, 0.3) is 11.5 Å². The third-order valence-corrected chi connectivity index (χ3v) is 3.33. The minimum absolute atomic E-state index is 0.0890. The number of hydrogen-bond acceptors (Lipinski definition) is 4. The minimum Gasteiger partial charge on any atom is -0.497 e. The molecule has 0 unspecified atom stereocenters. The number of nitrogens with zero attached hydrogens (tertiary/aromatic N) is 1. The first-order chi connectivity index (χ1) is 11.0. The van der Waals surface area contributed by atoms with Crippen LogP contribution in [-0.2, 0) is 6.54 Å². The predicted molar refractivity (Wildman–Crippen MR) is 84.7 cm³/mol. The molecule has 0 saturated carbocycles. The molecule has 0 aliphatic heterocycles. The van der Waals surface area contributed by atoms with Crippen molar-refractivity contribution in [2.45, 2.75) is 6.54 Å². The number of pyridine rings is 1. The summed E-state index contributed by atoms with van der Waals surface area (Å²) in [6, 6.07) is 8.35. The van der Waals surface area contributed by atoms with E-state index in [0.717, 1.165) is 5.56 Å². The summed E-state index contributed by atoms with van der Waals surface area (Å²) in [5.74, 6) is -0.639. The van der Waals surface area contributed by atoms with Gasteiger partial charge in [-0.3, -0.25) is 14.4 Å². The number of nitrogens with two attached hydrogens (primary N) is 1. The summed E-state index contributed by atoms with van der Waals surface area (Å²) in [7, 11) is 2.95. The van der Waals surface area contributed by atoms with E-state index in [0.29, 0.717) is 5.75 Å². The number of ether oxygens (including phenoxy) is 1. The van der Waals surface area contributed by atoms with Gasteiger partial charge in [-0.1, -0.05) is 12.1 Å². The van der Waals surface area contributed by atoms with Gasteiger partial charge in [0.2, 0.25) is 5.91 Å². The van der Waals surface area contributed by atoms with Crippen molar-refractivity contribution in [1.29, 1.82) is 0 Å². The summed E-state index contributed by atoms with van der Waals surface area (Å²) < 4.78 is 6.42. The lowest BCUT2D eigenvalue weighted by Crippen LogP contribution is -2.33. The molecule has 23 heavy (non-hydrogen) atoms. The first kappa shape index (κ1) is 16.3. The Kier molecular flexibility index (Phi) is 4.80. The van der Waals surface area contributed by atoms with Crippen molar-refractivity contribution >= 4 is 11.8 Å². The maximum absolute atomic E-state index is 12.4. The number of nitrogens with one attached hydrogen (secondary N) is 1. The van der Waals surface area contributed by atoms with Gasteiger partial charge in [0.1, 0.15) is 11.3 Å². The van der Waals surface area contributed by atoms with E-state index in [4.69, 9.17) is 10.5 Å². The molecule has 1 heterocycles. The van der Waals surface area contributed by atoms with Crippen LogP contribution in [-0.4, -0.2) is 30.5 Å². The summed E-state index contributed by atoms with van der Waals surface area (Å²) >= 11 is 0. The van der Waals surface area contributed by atoms with E-state index in [1.54, 1.807) is 25.3 Å². The lowest BCUT2D eigenvalue weighted by molar-refractivity contribution is 0.0961. The second kappa shape index (κ2) is 6.78. The number of primary amides is 1. The molecule has 0 bridgehead atoms. The summed E-state index contributed by atoms with van der Waals surface area (Å²) in [6.45, 7) is 0.182. The van der Waals surface area contributed by atoms with Gasteiger partial charge in [-0.25, -0.2) is 0 Å². The van der Waals surface area contributed by atoms with Crippen LogP contribution in [0.15, 0.2) is 41.3 Å². The van der Waals surface area contributed by atoms with Gasteiger partial charge in [0.05, 0.1) is 19.2 Å². The van der Waals surface area contributed by atoms with E-state index in [9.17, 15) is 14.4 Å². The standard InChI is InChI=1S/C16H17N3O4/c1-18-15(21)13-7-11(14(17)20)9-19(16(13)22)8-10-4-3-5-12(6-10)23-2/h3-7,9H,8H2,1-2H3,(H2,17,20)(H,18,21). The van der Waals surface area contributed by atoms with Crippen molar-refractivity contribution in [2.75, 3.05) is 14.2 Å². The number of benzene rings is 1. The van der Waals surface area contributed by atoms with Gasteiger partial charge >= 0.3 is 0 Å². The normalized spacial score (nSPS) is 10.2. The SMILES string of the molecule is CNC(=O)c1cc(C(N)=O)cn(Cc2cccc(OC)c2)c1=O. The van der Waals surface area contributed by atoms with Crippen LogP contribution in [0, 0.1) is 0 Å². The molecular weight excluding hydrogens is 298 g/mol. The van der Waals surface area contributed by atoms with Crippen molar-refractivity contribution in [2.24, 2.45) is 5.73 Å². The molecule has 0 saturated heterocycles. The van der Waals surface area contributed by atoms with Crippen LogP contribution >= 0.6 is 0 Å². The van der Waals surface area contributed by atoms with Crippen LogP contribution in [0.2, 0.25) is 0 Å². The number of carbonyl (C=O) groups is 2. The molecule has 0 aliphatic rings. The second-order valence-electron chi connectivity index (χ2n) is 4.87. The molecule has 3 N–H and O–H groups in total. The van der Waals surface area contributed by atoms with Crippen LogP contribution in [0.5, 0.6) is 5.75 Å². The van der Waals surface area contributed by atoms with Gasteiger partial charge in [-0.2, -0.15) is 0 Å². The van der Waals surface area contributed by atoms with Crippen LogP contribution < -0.4 is 21.3 Å². The monoisotopic (exact) mass is 315 g/mol. The first-order valence-electron chi connectivity index (χ1n) is 6.85. The molecule has 1 aromatic heterocycles. The molecular formula is C16H17N3O4. The van der Waals surface area contributed by atoms with Gasteiger partial charge in [-0.15, -0.1) is 0 Å². The summed E-state index contributed by atoms with van der Waals surface area (Å²) in [5, 5.41) is 2.37. The fourth-order valence-electron chi connectivity index (χ4n) is 2.15. The quantitative estimate of drug-likeness (QED) is 0.831. The van der Waals surface area contributed by atoms with Crippen molar-refractivity contribution in [3.05, 3.63) is 63.6 Å². The number of methoxy groups -OCH3 is 1. The average molecular weight is 315 g/mol. The maximum atomic E-state index is 12.4. The zero-order valence-corrected chi connectivity index (χ0v) is 12.8. The van der Waals surface area contributed by atoms with E-state index < -0.39 is 17.4 Å². The van der Waals surface area contributed by atoms with E-state index >= 15 is 0 Å². The highest BCUT2D eigenvalue weighted by molar-refractivity contribution is 5.98. The molecule has 0 atom stereocenters. The molecule has 7 nitrogen and oxygen atoms in total. The fourth-order valence-corrected chi connectivity index (χ4v) is 2.15. The summed E-state index contributed by atoms with van der Waals surface area (Å²) in [5.41, 5.74) is 5.52. The third kappa shape index (κ3) is 3.57. The van der Waals surface area contributed by atoms with E-state index in [2.05, 4.69) is 5.32 Å². The van der Waals surface area contributed by atoms with Crippen LogP contribution in [0.1, 0.15) is 26.3 Å². The zero-order chi connectivity index (χ0) is 17.0. The Morgan fingerprint density at radius 3 is 2.65 bits per heavy atom. The third-order valence-electron chi connectivity index (χ3n) is 3.33. The highest BCUT2D eigenvalue weighted by Crippen LogP contribution is 2.13. The number of aromatic nitrogens is 1. The molecule has 0 spiro atoms. The van der Waals surface area contributed by atoms with Crippen molar-refractivity contribution in [3.63, 3.8) is 0 Å². The Morgan fingerprint density at radius 2 is 2.04 bits per heavy atom. The highest BCUT2D eigenvalue weighted by Gasteiger charge is 2.15. The summed E-state index contributed by atoms with van der Waals surface area (Å²) in [6.07, 6.45) is 1.34. The molecule has 2 rings (SSSR count). The Hall–Kier alpha value is -3.09. The number of amides is 2. The Balaban J connectivity index is 2.52. The van der Waals surface area contributed by atoms with Gasteiger partial charge in [0, 0.05) is 13.2 Å². The molecule has 0 aliphatic carbocycles. The van der Waals surface area contributed by atoms with Crippen molar-refractivity contribution in [1.82, 2.24) is 9.88 Å². The molecule has 2 aromatic rings. The van der Waals surface area contributed by atoms with Crippen molar-refractivity contribution in [3.8, 4) is 5.75 Å². The Bertz CT molecular complexity index is 811. The Labute approximate surface area is 132 Å². The number of carbonyl (C=O) groups excluding carboxylic acids is 2. The minimum atomic E-state index is -0.713. The number of rotatable bonds is 5. The van der Waals surface area contributed by atoms with E-state index in [1.807, 2.05) is 6.07 Å². The maximum Gasteiger partial charge on any atom is 0.263 e. The predicted octanol–water partition coefficient (Wildman–Crippen LogP) is 0.364. The smallest absolute Gasteiger partial charge is 0.263 e. The largest absolute Gasteiger partial charge is 0.497 e. The highest BCUT2D eigenvalue weighted by atomic mass is 16.5. The van der Waals surface area contributed by atoms with Crippen LogP contribution in [0.25, 0.3) is 0 Å². The van der Waals surface area contributed by atoms with Crippen LogP contribution in [0.3, 0.4) is 0 Å². The Morgan fingerprint density at radius 1 is 1.30 bits per heavy atom. The first-order valence-corrected chi connectivity index (χ1v) is 6.85. The van der Waals surface area contributed by atoms with Gasteiger partial charge in [0.15, 0.2) is 0 Å². The van der Waals surface area contributed by atoms with Crippen LogP contribution in [0.4, 0.5) is 0 Å². The van der Waals surface area contributed by atoms with Gasteiger partial charge < -0.3 is 20.4 Å². The number of hydrogen-bond donors (Lipinski definition) is 2. The molecule has 0 fully saturated rings. The van der Waals surface area contributed by atoms with Crippen molar-refractivity contribution < 1.29 is 14.3 Å². The molecule has 7 heteroatoms. The molecule has 1 aromatic carbocycles. The van der Waals surface area contributed by atoms with E-state index in [1.165, 1.54) is 23.9 Å². The molecule has 0 radical (unpaired) electrons. The lowest BCUT2D eigenvalue weighted by atomic mass is 10.1. The summed E-state index contributed by atoms with van der Waals surface area (Å²) in [4.78, 5) is 35.7. The lowest BCUT2D eigenvalue weighted by Gasteiger charge is -2.11.